The molecule has 0 unspecified atom stereocenters. The van der Waals surface area contributed by atoms with E-state index in [2.05, 4.69) is 15.0 Å². The van der Waals surface area contributed by atoms with E-state index in [1.54, 1.807) is 6.92 Å². The lowest BCUT2D eigenvalue weighted by atomic mass is 10.3. The van der Waals surface area contributed by atoms with Gasteiger partial charge in [-0.1, -0.05) is 0 Å². The van der Waals surface area contributed by atoms with Gasteiger partial charge in [0.25, 0.3) is 0 Å². The first-order valence-electron chi connectivity index (χ1n) is 4.62. The largest absolute Gasteiger partial charge is 0.450 e. The number of amides is 1. The molecule has 5 N–H and O–H groups in total. The van der Waals surface area contributed by atoms with Gasteiger partial charge in [0, 0.05) is 13.1 Å². The van der Waals surface area contributed by atoms with Crippen LogP contribution in [0.4, 0.5) is 4.79 Å². The summed E-state index contributed by atoms with van der Waals surface area (Å²) in [4.78, 5) is 14.6. The summed E-state index contributed by atoms with van der Waals surface area (Å²) in [7, 11) is 0. The summed E-state index contributed by atoms with van der Waals surface area (Å²) < 4.78 is 4.67. The molecule has 14 heavy (non-hydrogen) atoms. The molecule has 0 aliphatic rings. The van der Waals surface area contributed by atoms with E-state index in [0.29, 0.717) is 19.7 Å². The maximum atomic E-state index is 10.8. The lowest BCUT2D eigenvalue weighted by molar-refractivity contribution is 0.152. The summed E-state index contributed by atoms with van der Waals surface area (Å²) in [5, 5.41) is 2.60. The van der Waals surface area contributed by atoms with E-state index >= 15 is 0 Å². The minimum Gasteiger partial charge on any atom is -0.450 e. The van der Waals surface area contributed by atoms with Gasteiger partial charge in [0.2, 0.25) is 0 Å². The SMILES string of the molecule is CCOC(=O)NCCCCN=C(N)N. The fourth-order valence-corrected chi connectivity index (χ4v) is 0.818. The van der Waals surface area contributed by atoms with E-state index in [1.165, 1.54) is 0 Å². The van der Waals surface area contributed by atoms with E-state index in [9.17, 15) is 4.79 Å². The Morgan fingerprint density at radius 3 is 2.71 bits per heavy atom. The number of rotatable bonds is 6. The van der Waals surface area contributed by atoms with Gasteiger partial charge in [0.15, 0.2) is 5.96 Å². The molecule has 0 saturated heterocycles. The van der Waals surface area contributed by atoms with Crippen LogP contribution in [0.5, 0.6) is 0 Å². The number of hydrogen-bond acceptors (Lipinski definition) is 3. The molecule has 0 aromatic rings. The molecule has 0 rings (SSSR count). The van der Waals surface area contributed by atoms with Crippen LogP contribution in [0.1, 0.15) is 19.8 Å². The van der Waals surface area contributed by atoms with Crippen LogP contribution in [0.3, 0.4) is 0 Å². The highest BCUT2D eigenvalue weighted by molar-refractivity contribution is 5.75. The van der Waals surface area contributed by atoms with Crippen LogP contribution in [0, 0.1) is 0 Å². The molecule has 6 nitrogen and oxygen atoms in total. The molecule has 0 heterocycles. The van der Waals surface area contributed by atoms with Gasteiger partial charge in [0.05, 0.1) is 6.61 Å². The van der Waals surface area contributed by atoms with E-state index < -0.39 is 0 Å². The Balaban J connectivity index is 3.21. The van der Waals surface area contributed by atoms with Gasteiger partial charge in [-0.15, -0.1) is 0 Å². The second kappa shape index (κ2) is 8.15. The van der Waals surface area contributed by atoms with Crippen molar-refractivity contribution in [3.8, 4) is 0 Å². The molecule has 0 aromatic heterocycles. The summed E-state index contributed by atoms with van der Waals surface area (Å²) in [6, 6.07) is 0. The van der Waals surface area contributed by atoms with Gasteiger partial charge in [0.1, 0.15) is 0 Å². The predicted molar refractivity (Wildman–Crippen MR) is 54.9 cm³/mol. The Morgan fingerprint density at radius 1 is 1.43 bits per heavy atom. The molecular formula is C8H18N4O2. The molecule has 1 amide bonds. The van der Waals surface area contributed by atoms with Gasteiger partial charge in [-0.2, -0.15) is 0 Å². The Labute approximate surface area is 83.7 Å². The van der Waals surface area contributed by atoms with Crippen molar-refractivity contribution in [2.45, 2.75) is 19.8 Å². The number of nitrogens with two attached hydrogens (primary N) is 2. The van der Waals surface area contributed by atoms with Crippen molar-refractivity contribution in [2.24, 2.45) is 16.5 Å². The number of carbonyl (C=O) groups is 1. The number of carbonyl (C=O) groups excluding carboxylic acids is 1. The molecule has 82 valence electrons. The van der Waals surface area contributed by atoms with Gasteiger partial charge in [-0.25, -0.2) is 4.79 Å². The van der Waals surface area contributed by atoms with E-state index in [0.717, 1.165) is 12.8 Å². The molecule has 0 aliphatic heterocycles. The van der Waals surface area contributed by atoms with Crippen LogP contribution in [0.15, 0.2) is 4.99 Å². The number of alkyl carbamates (subject to hydrolysis) is 1. The van der Waals surface area contributed by atoms with Crippen molar-refractivity contribution in [3.63, 3.8) is 0 Å². The molecule has 0 atom stereocenters. The van der Waals surface area contributed by atoms with Crippen molar-refractivity contribution < 1.29 is 9.53 Å². The number of ether oxygens (including phenoxy) is 1. The van der Waals surface area contributed by atoms with Crippen LogP contribution in [-0.4, -0.2) is 31.7 Å². The normalized spacial score (nSPS) is 9.21. The maximum Gasteiger partial charge on any atom is 0.407 e. The van der Waals surface area contributed by atoms with E-state index in [4.69, 9.17) is 11.5 Å². The molecule has 0 fully saturated rings. The zero-order valence-electron chi connectivity index (χ0n) is 8.45. The summed E-state index contributed by atoms with van der Waals surface area (Å²) in [6.45, 7) is 3.32. The second-order valence-corrected chi connectivity index (χ2v) is 2.66. The summed E-state index contributed by atoms with van der Waals surface area (Å²) in [6.07, 6.45) is 1.29. The number of nitrogens with zero attached hydrogens (tertiary/aromatic N) is 1. The molecule has 0 radical (unpaired) electrons. The van der Waals surface area contributed by atoms with Crippen molar-refractivity contribution in [2.75, 3.05) is 19.7 Å². The molecule has 0 saturated carbocycles. The maximum absolute atomic E-state index is 10.8. The molecule has 6 heteroatoms. The minimum absolute atomic E-state index is 0.100. The van der Waals surface area contributed by atoms with Crippen molar-refractivity contribution in [1.29, 1.82) is 0 Å². The Bertz CT molecular complexity index is 190. The summed E-state index contributed by atoms with van der Waals surface area (Å²) in [5.74, 6) is 0.100. The van der Waals surface area contributed by atoms with Gasteiger partial charge in [-0.3, -0.25) is 4.99 Å². The number of unbranched alkanes of at least 4 members (excludes halogenated alkanes) is 1. The third kappa shape index (κ3) is 8.63. The highest BCUT2D eigenvalue weighted by Gasteiger charge is 1.97. The smallest absolute Gasteiger partial charge is 0.407 e. The van der Waals surface area contributed by atoms with Crippen LogP contribution in [-0.2, 0) is 4.74 Å². The monoisotopic (exact) mass is 202 g/mol. The number of aliphatic imine (C=N–C) groups is 1. The van der Waals surface area contributed by atoms with Gasteiger partial charge >= 0.3 is 6.09 Å². The number of hydrogen-bond donors (Lipinski definition) is 3. The topological polar surface area (TPSA) is 103 Å². The minimum atomic E-state index is -0.380. The van der Waals surface area contributed by atoms with Crippen molar-refractivity contribution in [1.82, 2.24) is 5.32 Å². The first kappa shape index (κ1) is 12.5. The van der Waals surface area contributed by atoms with E-state index in [-0.39, 0.29) is 12.1 Å². The van der Waals surface area contributed by atoms with Crippen LogP contribution < -0.4 is 16.8 Å². The third-order valence-electron chi connectivity index (χ3n) is 1.42. The first-order valence-corrected chi connectivity index (χ1v) is 4.62. The molecule has 0 aliphatic carbocycles. The third-order valence-corrected chi connectivity index (χ3v) is 1.42. The predicted octanol–water partition coefficient (Wildman–Crippen LogP) is -0.214. The zero-order chi connectivity index (χ0) is 10.8. The molecular weight excluding hydrogens is 184 g/mol. The highest BCUT2D eigenvalue weighted by atomic mass is 16.5. The highest BCUT2D eigenvalue weighted by Crippen LogP contribution is 1.88. The molecule has 0 spiro atoms. The molecule has 0 aromatic carbocycles. The van der Waals surface area contributed by atoms with Crippen LogP contribution in [0.2, 0.25) is 0 Å². The Kier molecular flexibility index (Phi) is 7.30. The van der Waals surface area contributed by atoms with Crippen molar-refractivity contribution in [3.05, 3.63) is 0 Å². The summed E-state index contributed by atoms with van der Waals surface area (Å²) >= 11 is 0. The average Bonchev–Trinajstić information content (AvgIpc) is 2.11. The lowest BCUT2D eigenvalue weighted by Gasteiger charge is -2.03. The zero-order valence-corrected chi connectivity index (χ0v) is 8.45. The Morgan fingerprint density at radius 2 is 2.14 bits per heavy atom. The first-order chi connectivity index (χ1) is 6.66. The lowest BCUT2D eigenvalue weighted by Crippen LogP contribution is -2.25. The van der Waals surface area contributed by atoms with Crippen LogP contribution in [0.25, 0.3) is 0 Å². The van der Waals surface area contributed by atoms with Gasteiger partial charge < -0.3 is 21.5 Å². The standard InChI is InChI=1S/C8H18N4O2/c1-2-14-8(13)12-6-4-3-5-11-7(9)10/h2-6H2,1H3,(H,12,13)(H4,9,10,11). The fourth-order valence-electron chi connectivity index (χ4n) is 0.818. The van der Waals surface area contributed by atoms with E-state index in [1.807, 2.05) is 0 Å². The number of nitrogens with one attached hydrogen (secondary N) is 1. The fraction of sp³-hybridized carbons (Fsp3) is 0.750. The second-order valence-electron chi connectivity index (χ2n) is 2.66. The number of guanidine groups is 1. The average molecular weight is 202 g/mol. The van der Waals surface area contributed by atoms with Crippen molar-refractivity contribution >= 4 is 12.1 Å². The Hall–Kier alpha value is -1.46. The van der Waals surface area contributed by atoms with Crippen LogP contribution >= 0.6 is 0 Å². The summed E-state index contributed by atoms with van der Waals surface area (Å²) in [5.41, 5.74) is 10.3. The molecule has 0 bridgehead atoms. The quantitative estimate of drug-likeness (QED) is 0.315. The van der Waals surface area contributed by atoms with Gasteiger partial charge in [-0.05, 0) is 19.8 Å².